The number of Topliss-reactive ketones (excluding diaryl/α,β-unsaturated/α-hetero) is 1. The van der Waals surface area contributed by atoms with Crippen molar-refractivity contribution < 1.29 is 4.79 Å². The molecule has 0 radical (unpaired) electrons. The van der Waals surface area contributed by atoms with Crippen LogP contribution in [0.2, 0.25) is 0 Å². The van der Waals surface area contributed by atoms with E-state index in [4.69, 9.17) is 0 Å². The highest BCUT2D eigenvalue weighted by atomic mass is 16.1. The molecule has 0 aliphatic carbocycles. The van der Waals surface area contributed by atoms with Gasteiger partial charge in [-0.2, -0.15) is 0 Å². The molecule has 0 saturated carbocycles. The van der Waals surface area contributed by atoms with Crippen molar-refractivity contribution in [3.8, 4) is 0 Å². The van der Waals surface area contributed by atoms with Gasteiger partial charge in [0.2, 0.25) is 0 Å². The Balaban J connectivity index is 3.37. The first kappa shape index (κ1) is 10.7. The highest BCUT2D eigenvalue weighted by Gasteiger charge is 2.05. The van der Waals surface area contributed by atoms with Gasteiger partial charge in [0, 0.05) is 6.42 Å². The topological polar surface area (TPSA) is 17.1 Å². The second kappa shape index (κ2) is 5.34. The van der Waals surface area contributed by atoms with E-state index in [1.54, 1.807) is 6.92 Å². The lowest BCUT2D eigenvalue weighted by atomic mass is 9.95. The number of rotatable bonds is 5. The summed E-state index contributed by atoms with van der Waals surface area (Å²) in [5.74, 6) is 1.67. The van der Waals surface area contributed by atoms with Gasteiger partial charge in [-0.1, -0.05) is 33.6 Å². The Labute approximate surface area is 70.2 Å². The molecule has 1 unspecified atom stereocenters. The van der Waals surface area contributed by atoms with Crippen LogP contribution >= 0.6 is 0 Å². The van der Waals surface area contributed by atoms with Crippen LogP contribution in [-0.2, 0) is 4.79 Å². The van der Waals surface area contributed by atoms with Crippen LogP contribution in [0.1, 0.15) is 47.0 Å². The van der Waals surface area contributed by atoms with Gasteiger partial charge in [0.15, 0.2) is 0 Å². The zero-order valence-corrected chi connectivity index (χ0v) is 8.18. The summed E-state index contributed by atoms with van der Waals surface area (Å²) in [4.78, 5) is 10.7. The predicted octanol–water partition coefficient (Wildman–Crippen LogP) is 3.04. The molecule has 1 atom stereocenters. The fourth-order valence-corrected chi connectivity index (χ4v) is 1.21. The van der Waals surface area contributed by atoms with Gasteiger partial charge in [0.1, 0.15) is 5.78 Å². The molecule has 0 aromatic heterocycles. The third-order valence-electron chi connectivity index (χ3n) is 1.87. The van der Waals surface area contributed by atoms with E-state index in [2.05, 4.69) is 20.8 Å². The summed E-state index contributed by atoms with van der Waals surface area (Å²) >= 11 is 0. The van der Waals surface area contributed by atoms with Gasteiger partial charge in [-0.05, 0) is 18.8 Å². The molecule has 1 heteroatoms. The maximum absolute atomic E-state index is 10.7. The van der Waals surface area contributed by atoms with Crippen molar-refractivity contribution >= 4 is 5.78 Å². The summed E-state index contributed by atoms with van der Waals surface area (Å²) in [6.07, 6.45) is 3.19. The molecule has 11 heavy (non-hydrogen) atoms. The molecule has 0 fully saturated rings. The van der Waals surface area contributed by atoms with Crippen LogP contribution in [0.3, 0.4) is 0 Å². The van der Waals surface area contributed by atoms with Gasteiger partial charge >= 0.3 is 0 Å². The maximum atomic E-state index is 10.7. The summed E-state index contributed by atoms with van der Waals surface area (Å²) in [7, 11) is 0. The van der Waals surface area contributed by atoms with Crippen LogP contribution in [0.4, 0.5) is 0 Å². The minimum atomic E-state index is 0.321. The van der Waals surface area contributed by atoms with E-state index in [0.717, 1.165) is 12.3 Å². The number of carbonyl (C=O) groups is 1. The van der Waals surface area contributed by atoms with E-state index in [1.807, 2.05) is 0 Å². The molecule has 0 heterocycles. The van der Waals surface area contributed by atoms with Crippen LogP contribution in [0.25, 0.3) is 0 Å². The van der Waals surface area contributed by atoms with E-state index in [-0.39, 0.29) is 0 Å². The summed E-state index contributed by atoms with van der Waals surface area (Å²) < 4.78 is 0. The fraction of sp³-hybridized carbons (Fsp3) is 0.900. The third kappa shape index (κ3) is 7.57. The van der Waals surface area contributed by atoms with E-state index < -0.39 is 0 Å². The van der Waals surface area contributed by atoms with Crippen LogP contribution in [0.15, 0.2) is 0 Å². The highest BCUT2D eigenvalue weighted by Crippen LogP contribution is 2.14. The van der Waals surface area contributed by atoms with E-state index in [1.165, 1.54) is 12.8 Å². The molecular formula is C10H20O. The Kier molecular flexibility index (Phi) is 5.18. The Morgan fingerprint density at radius 2 is 1.73 bits per heavy atom. The van der Waals surface area contributed by atoms with Crippen LogP contribution in [-0.4, -0.2) is 5.78 Å². The number of hydrogen-bond donors (Lipinski definition) is 0. The largest absolute Gasteiger partial charge is 0.300 e. The molecule has 0 amide bonds. The van der Waals surface area contributed by atoms with Crippen molar-refractivity contribution in [2.75, 3.05) is 0 Å². The minimum absolute atomic E-state index is 0.321. The Bertz CT molecular complexity index is 116. The van der Waals surface area contributed by atoms with Gasteiger partial charge in [0.05, 0.1) is 0 Å². The standard InChI is InChI=1S/C10H20O/c1-8(2)5-6-9(3)7-10(4)11/h8-9H,5-7H2,1-4H3. The first-order valence-corrected chi connectivity index (χ1v) is 4.51. The van der Waals surface area contributed by atoms with E-state index >= 15 is 0 Å². The van der Waals surface area contributed by atoms with Crippen LogP contribution < -0.4 is 0 Å². The SMILES string of the molecule is CC(=O)CC(C)CCC(C)C. The van der Waals surface area contributed by atoms with Crippen molar-refractivity contribution in [3.05, 3.63) is 0 Å². The maximum Gasteiger partial charge on any atom is 0.130 e. The lowest BCUT2D eigenvalue weighted by Gasteiger charge is -2.10. The van der Waals surface area contributed by atoms with Crippen molar-refractivity contribution in [2.24, 2.45) is 11.8 Å². The smallest absolute Gasteiger partial charge is 0.130 e. The van der Waals surface area contributed by atoms with Crippen LogP contribution in [0, 0.1) is 11.8 Å². The van der Waals surface area contributed by atoms with Crippen LogP contribution in [0.5, 0.6) is 0 Å². The van der Waals surface area contributed by atoms with Crippen molar-refractivity contribution in [3.63, 3.8) is 0 Å². The quantitative estimate of drug-likeness (QED) is 0.598. The van der Waals surface area contributed by atoms with Gasteiger partial charge in [-0.3, -0.25) is 0 Å². The second-order valence-electron chi connectivity index (χ2n) is 3.98. The average Bonchev–Trinajstić information content (AvgIpc) is 1.82. The molecule has 0 aromatic carbocycles. The monoisotopic (exact) mass is 156 g/mol. The zero-order chi connectivity index (χ0) is 8.85. The minimum Gasteiger partial charge on any atom is -0.300 e. The predicted molar refractivity (Wildman–Crippen MR) is 48.5 cm³/mol. The summed E-state index contributed by atoms with van der Waals surface area (Å²) in [6, 6.07) is 0. The van der Waals surface area contributed by atoms with E-state index in [9.17, 15) is 4.79 Å². The molecule has 0 aliphatic heterocycles. The van der Waals surface area contributed by atoms with Gasteiger partial charge in [-0.15, -0.1) is 0 Å². The van der Waals surface area contributed by atoms with Crippen molar-refractivity contribution in [1.29, 1.82) is 0 Å². The summed E-state index contributed by atoms with van der Waals surface area (Å²) in [5.41, 5.74) is 0. The van der Waals surface area contributed by atoms with Gasteiger partial charge in [0.25, 0.3) is 0 Å². The van der Waals surface area contributed by atoms with Crippen molar-refractivity contribution in [1.82, 2.24) is 0 Å². The molecule has 0 N–H and O–H groups in total. The fourth-order valence-electron chi connectivity index (χ4n) is 1.21. The molecule has 66 valence electrons. The number of hydrogen-bond acceptors (Lipinski definition) is 1. The van der Waals surface area contributed by atoms with E-state index in [0.29, 0.717) is 11.7 Å². The first-order chi connectivity index (χ1) is 5.02. The molecule has 0 rings (SSSR count). The lowest BCUT2D eigenvalue weighted by molar-refractivity contribution is -0.117. The number of ketones is 1. The lowest BCUT2D eigenvalue weighted by Crippen LogP contribution is -2.02. The average molecular weight is 156 g/mol. The number of carbonyl (C=O) groups excluding carboxylic acids is 1. The molecular weight excluding hydrogens is 136 g/mol. The molecule has 0 spiro atoms. The third-order valence-corrected chi connectivity index (χ3v) is 1.87. The van der Waals surface area contributed by atoms with Gasteiger partial charge < -0.3 is 4.79 Å². The van der Waals surface area contributed by atoms with Crippen molar-refractivity contribution in [2.45, 2.75) is 47.0 Å². The normalized spacial score (nSPS) is 13.5. The Morgan fingerprint density at radius 1 is 1.18 bits per heavy atom. The molecule has 0 saturated heterocycles. The first-order valence-electron chi connectivity index (χ1n) is 4.51. The molecule has 0 aromatic rings. The summed E-state index contributed by atoms with van der Waals surface area (Å²) in [6.45, 7) is 8.27. The van der Waals surface area contributed by atoms with Gasteiger partial charge in [-0.25, -0.2) is 0 Å². The summed E-state index contributed by atoms with van der Waals surface area (Å²) in [5, 5.41) is 0. The molecule has 1 nitrogen and oxygen atoms in total. The second-order valence-corrected chi connectivity index (χ2v) is 3.98. The Morgan fingerprint density at radius 3 is 2.09 bits per heavy atom. The molecule has 0 aliphatic rings. The Hall–Kier alpha value is -0.330. The zero-order valence-electron chi connectivity index (χ0n) is 8.18. The molecule has 0 bridgehead atoms. The highest BCUT2D eigenvalue weighted by molar-refractivity contribution is 5.75.